The number of nitrogens with zero attached hydrogens (tertiary/aromatic N) is 2. The van der Waals surface area contributed by atoms with Gasteiger partial charge in [-0.2, -0.15) is 0 Å². The molecule has 1 fully saturated rings. The molecule has 1 aromatic rings. The Morgan fingerprint density at radius 3 is 2.81 bits per heavy atom. The Bertz CT molecular complexity index is 384. The van der Waals surface area contributed by atoms with Crippen molar-refractivity contribution in [1.82, 2.24) is 9.88 Å². The molecule has 0 aromatic carbocycles. The maximum absolute atomic E-state index is 12.1. The number of carbonyl (C=O) groups excluding carboxylic acids is 1. The number of rotatable bonds is 1. The fourth-order valence-electron chi connectivity index (χ4n) is 1.95. The first-order valence-corrected chi connectivity index (χ1v) is 5.57. The molecule has 1 amide bonds. The van der Waals surface area contributed by atoms with E-state index in [4.69, 9.17) is 0 Å². The van der Waals surface area contributed by atoms with E-state index in [2.05, 4.69) is 4.98 Å². The molecule has 16 heavy (non-hydrogen) atoms. The molecule has 1 N–H and O–H groups in total. The van der Waals surface area contributed by atoms with E-state index >= 15 is 0 Å². The van der Waals surface area contributed by atoms with Crippen LogP contribution in [0.15, 0.2) is 18.3 Å². The summed E-state index contributed by atoms with van der Waals surface area (Å²) >= 11 is 0. The molecular weight excluding hydrogens is 204 g/mol. The Kier molecular flexibility index (Phi) is 3.19. The molecule has 0 saturated carbocycles. The van der Waals surface area contributed by atoms with Crippen molar-refractivity contribution < 1.29 is 9.90 Å². The van der Waals surface area contributed by atoms with Gasteiger partial charge in [0.25, 0.3) is 5.91 Å². The van der Waals surface area contributed by atoms with Gasteiger partial charge in [-0.1, -0.05) is 0 Å². The average molecular weight is 220 g/mol. The van der Waals surface area contributed by atoms with Crippen molar-refractivity contribution in [3.63, 3.8) is 0 Å². The molecule has 0 unspecified atom stereocenters. The third kappa shape index (κ3) is 2.22. The van der Waals surface area contributed by atoms with Crippen molar-refractivity contribution in [2.45, 2.75) is 25.9 Å². The van der Waals surface area contributed by atoms with Gasteiger partial charge in [-0.25, -0.2) is 0 Å². The maximum atomic E-state index is 12.1. The monoisotopic (exact) mass is 220 g/mol. The molecule has 1 saturated heterocycles. The summed E-state index contributed by atoms with van der Waals surface area (Å²) in [6, 6.07) is 3.58. The first-order chi connectivity index (χ1) is 7.68. The molecular formula is C12H16N2O2. The minimum atomic E-state index is -0.251. The molecule has 0 aliphatic carbocycles. The first kappa shape index (κ1) is 11.1. The Hall–Kier alpha value is -1.42. The molecule has 2 heterocycles. The lowest BCUT2D eigenvalue weighted by Gasteiger charge is -2.29. The van der Waals surface area contributed by atoms with Crippen LogP contribution in [0.1, 0.15) is 28.9 Å². The second-order valence-corrected chi connectivity index (χ2v) is 4.16. The van der Waals surface area contributed by atoms with E-state index in [0.29, 0.717) is 31.5 Å². The minimum Gasteiger partial charge on any atom is -0.393 e. The number of aliphatic hydroxyl groups is 1. The number of aryl methyl sites for hydroxylation is 1. The standard InChI is InChI=1S/C12H16N2O2/c1-9-11(3-2-6-13-9)12(16)14-7-4-10(15)5-8-14/h2-3,6,10,15H,4-5,7-8H2,1H3. The molecule has 4 heteroatoms. The number of piperidine rings is 1. The van der Waals surface area contributed by atoms with Crippen LogP contribution in [0.5, 0.6) is 0 Å². The molecule has 2 rings (SSSR count). The van der Waals surface area contributed by atoms with Crippen LogP contribution in [-0.2, 0) is 0 Å². The van der Waals surface area contributed by atoms with Gasteiger partial charge in [0.15, 0.2) is 0 Å². The molecule has 86 valence electrons. The highest BCUT2D eigenvalue weighted by Crippen LogP contribution is 2.14. The van der Waals surface area contributed by atoms with Crippen molar-refractivity contribution in [2.75, 3.05) is 13.1 Å². The summed E-state index contributed by atoms with van der Waals surface area (Å²) in [4.78, 5) is 18.0. The van der Waals surface area contributed by atoms with Gasteiger partial charge in [0.1, 0.15) is 0 Å². The van der Waals surface area contributed by atoms with Crippen molar-refractivity contribution in [3.8, 4) is 0 Å². The molecule has 4 nitrogen and oxygen atoms in total. The molecule has 0 spiro atoms. The van der Waals surface area contributed by atoms with E-state index in [1.54, 1.807) is 23.2 Å². The lowest BCUT2D eigenvalue weighted by atomic mass is 10.1. The number of likely N-dealkylation sites (tertiary alicyclic amines) is 1. The van der Waals surface area contributed by atoms with Gasteiger partial charge in [0.05, 0.1) is 11.7 Å². The van der Waals surface area contributed by atoms with Crippen LogP contribution in [0.3, 0.4) is 0 Å². The van der Waals surface area contributed by atoms with Gasteiger partial charge in [-0.15, -0.1) is 0 Å². The highest BCUT2D eigenvalue weighted by molar-refractivity contribution is 5.95. The van der Waals surface area contributed by atoms with Crippen molar-refractivity contribution in [3.05, 3.63) is 29.6 Å². The van der Waals surface area contributed by atoms with E-state index in [0.717, 1.165) is 5.69 Å². The summed E-state index contributed by atoms with van der Waals surface area (Å²) in [5.41, 5.74) is 1.43. The number of hydrogen-bond acceptors (Lipinski definition) is 3. The Balaban J connectivity index is 2.11. The summed E-state index contributed by atoms with van der Waals surface area (Å²) in [7, 11) is 0. The Morgan fingerprint density at radius 1 is 1.50 bits per heavy atom. The summed E-state index contributed by atoms with van der Waals surface area (Å²) < 4.78 is 0. The number of carbonyl (C=O) groups is 1. The van der Waals surface area contributed by atoms with Crippen LogP contribution < -0.4 is 0 Å². The van der Waals surface area contributed by atoms with Crippen LogP contribution in [0.2, 0.25) is 0 Å². The van der Waals surface area contributed by atoms with Crippen LogP contribution in [0, 0.1) is 6.92 Å². The van der Waals surface area contributed by atoms with E-state index in [-0.39, 0.29) is 12.0 Å². The van der Waals surface area contributed by atoms with Gasteiger partial charge in [-0.3, -0.25) is 9.78 Å². The van der Waals surface area contributed by atoms with Gasteiger partial charge >= 0.3 is 0 Å². The third-order valence-electron chi connectivity index (χ3n) is 2.99. The number of aliphatic hydroxyl groups excluding tert-OH is 1. The van der Waals surface area contributed by atoms with Crippen LogP contribution in [-0.4, -0.2) is 40.1 Å². The van der Waals surface area contributed by atoms with Crippen LogP contribution in [0.25, 0.3) is 0 Å². The van der Waals surface area contributed by atoms with Crippen molar-refractivity contribution in [2.24, 2.45) is 0 Å². The maximum Gasteiger partial charge on any atom is 0.255 e. The van der Waals surface area contributed by atoms with Crippen LogP contribution >= 0.6 is 0 Å². The summed E-state index contributed by atoms with van der Waals surface area (Å²) in [5.74, 6) is 0.0255. The second-order valence-electron chi connectivity index (χ2n) is 4.16. The number of aromatic nitrogens is 1. The minimum absolute atomic E-state index is 0.0255. The van der Waals surface area contributed by atoms with E-state index < -0.39 is 0 Å². The highest BCUT2D eigenvalue weighted by atomic mass is 16.3. The van der Waals surface area contributed by atoms with Gasteiger partial charge in [-0.05, 0) is 31.9 Å². The van der Waals surface area contributed by atoms with E-state index in [1.165, 1.54) is 0 Å². The zero-order valence-corrected chi connectivity index (χ0v) is 9.39. The first-order valence-electron chi connectivity index (χ1n) is 5.57. The van der Waals surface area contributed by atoms with Gasteiger partial charge < -0.3 is 10.0 Å². The molecule has 1 aliphatic heterocycles. The molecule has 0 radical (unpaired) electrons. The van der Waals surface area contributed by atoms with E-state index in [9.17, 15) is 9.90 Å². The van der Waals surface area contributed by atoms with Crippen molar-refractivity contribution >= 4 is 5.91 Å². The molecule has 0 bridgehead atoms. The lowest BCUT2D eigenvalue weighted by molar-refractivity contribution is 0.0545. The fraction of sp³-hybridized carbons (Fsp3) is 0.500. The normalized spacial score (nSPS) is 17.5. The largest absolute Gasteiger partial charge is 0.393 e. The summed E-state index contributed by atoms with van der Waals surface area (Å²) in [6.45, 7) is 3.11. The topological polar surface area (TPSA) is 53.4 Å². The van der Waals surface area contributed by atoms with Crippen molar-refractivity contribution in [1.29, 1.82) is 0 Å². The SMILES string of the molecule is Cc1ncccc1C(=O)N1CCC(O)CC1. The number of hydrogen-bond donors (Lipinski definition) is 1. The zero-order valence-electron chi connectivity index (χ0n) is 9.39. The van der Waals surface area contributed by atoms with Gasteiger partial charge in [0.2, 0.25) is 0 Å². The number of pyridine rings is 1. The predicted molar refractivity (Wildman–Crippen MR) is 60.1 cm³/mol. The Labute approximate surface area is 94.9 Å². The summed E-state index contributed by atoms with van der Waals surface area (Å²) in [5, 5.41) is 9.38. The molecule has 0 atom stereocenters. The quantitative estimate of drug-likeness (QED) is 0.767. The van der Waals surface area contributed by atoms with Crippen LogP contribution in [0.4, 0.5) is 0 Å². The number of amides is 1. The van der Waals surface area contributed by atoms with Gasteiger partial charge in [0, 0.05) is 25.0 Å². The Morgan fingerprint density at radius 2 is 2.19 bits per heavy atom. The molecule has 1 aliphatic rings. The highest BCUT2D eigenvalue weighted by Gasteiger charge is 2.23. The van der Waals surface area contributed by atoms with E-state index in [1.807, 2.05) is 6.92 Å². The average Bonchev–Trinajstić information content (AvgIpc) is 2.30. The zero-order chi connectivity index (χ0) is 11.5. The second kappa shape index (κ2) is 4.61. The third-order valence-corrected chi connectivity index (χ3v) is 2.99. The lowest BCUT2D eigenvalue weighted by Crippen LogP contribution is -2.40. The fourth-order valence-corrected chi connectivity index (χ4v) is 1.95. The smallest absolute Gasteiger partial charge is 0.255 e. The predicted octanol–water partition coefficient (Wildman–Crippen LogP) is 0.987. The molecule has 1 aromatic heterocycles. The summed E-state index contributed by atoms with van der Waals surface area (Å²) in [6.07, 6.45) is 2.78.